The van der Waals surface area contributed by atoms with Crippen LogP contribution < -0.4 is 4.74 Å². The number of ketones is 1. The maximum Gasteiger partial charge on any atom is 0.178 e. The summed E-state index contributed by atoms with van der Waals surface area (Å²) in [6, 6.07) is 13.8. The third-order valence-corrected chi connectivity index (χ3v) is 4.15. The van der Waals surface area contributed by atoms with Gasteiger partial charge in [0, 0.05) is 17.5 Å². The quantitative estimate of drug-likeness (QED) is 0.537. The molecule has 2 aromatic carbocycles. The van der Waals surface area contributed by atoms with E-state index >= 15 is 0 Å². The van der Waals surface area contributed by atoms with Crippen molar-refractivity contribution in [2.24, 2.45) is 0 Å². The summed E-state index contributed by atoms with van der Waals surface area (Å²) in [5.74, 6) is 0.964. The molecule has 21 heavy (non-hydrogen) atoms. The summed E-state index contributed by atoms with van der Waals surface area (Å²) in [5, 5.41) is -0.204. The third-order valence-electron chi connectivity index (χ3n) is 3.44. The number of aryl methyl sites for hydroxylation is 2. The smallest absolute Gasteiger partial charge is 0.178 e. The fraction of sp³-hybridized carbons (Fsp3) is 0.278. The van der Waals surface area contributed by atoms with E-state index < -0.39 is 0 Å². The van der Waals surface area contributed by atoms with Crippen molar-refractivity contribution in [1.82, 2.24) is 0 Å². The van der Waals surface area contributed by atoms with Crippen LogP contribution in [0.1, 0.15) is 45.4 Å². The molecule has 0 amide bonds. The Bertz CT molecular complexity index is 635. The molecule has 0 saturated heterocycles. The molecule has 0 heterocycles. The molecular weight excluding hydrogens is 328 g/mol. The SMILES string of the molecule is CCC(=O)c1cc(C)c(OC(Br)c2ccccc2)cc1C. The minimum Gasteiger partial charge on any atom is -0.474 e. The first kappa shape index (κ1) is 15.8. The van der Waals surface area contributed by atoms with Gasteiger partial charge in [-0.3, -0.25) is 4.79 Å². The molecule has 0 N–H and O–H groups in total. The average molecular weight is 347 g/mol. The van der Waals surface area contributed by atoms with Crippen LogP contribution in [0.4, 0.5) is 0 Å². The highest BCUT2D eigenvalue weighted by Gasteiger charge is 2.14. The zero-order valence-electron chi connectivity index (χ0n) is 12.5. The number of benzene rings is 2. The monoisotopic (exact) mass is 346 g/mol. The zero-order valence-corrected chi connectivity index (χ0v) is 14.1. The second kappa shape index (κ2) is 6.90. The van der Waals surface area contributed by atoms with Crippen LogP contribution in [0.25, 0.3) is 0 Å². The lowest BCUT2D eigenvalue weighted by molar-refractivity contribution is 0.0987. The Morgan fingerprint density at radius 3 is 2.43 bits per heavy atom. The predicted molar refractivity (Wildman–Crippen MR) is 89.3 cm³/mol. The van der Waals surface area contributed by atoms with Gasteiger partial charge in [-0.2, -0.15) is 0 Å². The number of carbonyl (C=O) groups is 1. The highest BCUT2D eigenvalue weighted by Crippen LogP contribution is 2.31. The van der Waals surface area contributed by atoms with Gasteiger partial charge in [0.15, 0.2) is 10.8 Å². The van der Waals surface area contributed by atoms with Crippen LogP contribution in [0.3, 0.4) is 0 Å². The van der Waals surface area contributed by atoms with E-state index in [9.17, 15) is 4.79 Å². The maximum absolute atomic E-state index is 11.9. The van der Waals surface area contributed by atoms with Gasteiger partial charge in [0.2, 0.25) is 0 Å². The molecule has 0 aromatic heterocycles. The first-order chi connectivity index (χ1) is 10.0. The lowest BCUT2D eigenvalue weighted by Gasteiger charge is -2.17. The molecule has 2 aromatic rings. The minimum absolute atomic E-state index is 0.167. The van der Waals surface area contributed by atoms with Crippen molar-refractivity contribution in [3.05, 3.63) is 64.7 Å². The number of Topliss-reactive ketones (excluding diaryl/α,β-unsaturated/α-hetero) is 1. The summed E-state index contributed by atoms with van der Waals surface area (Å²) in [5.41, 5.74) is 3.77. The lowest BCUT2D eigenvalue weighted by atomic mass is 10.00. The molecule has 1 unspecified atom stereocenters. The van der Waals surface area contributed by atoms with Crippen molar-refractivity contribution in [2.45, 2.75) is 32.2 Å². The Kier molecular flexibility index (Phi) is 5.18. The molecule has 0 aliphatic heterocycles. The largest absolute Gasteiger partial charge is 0.474 e. The second-order valence-electron chi connectivity index (χ2n) is 5.05. The molecule has 110 valence electrons. The fourth-order valence-electron chi connectivity index (χ4n) is 2.19. The molecule has 1 atom stereocenters. The van der Waals surface area contributed by atoms with Crippen LogP contribution in [-0.2, 0) is 0 Å². The molecule has 0 radical (unpaired) electrons. The summed E-state index contributed by atoms with van der Waals surface area (Å²) in [4.78, 5) is 11.9. The van der Waals surface area contributed by atoms with Crippen LogP contribution in [0, 0.1) is 13.8 Å². The Balaban J connectivity index is 2.25. The molecule has 0 aliphatic rings. The highest BCUT2D eigenvalue weighted by atomic mass is 79.9. The molecular formula is C18H19BrO2. The Hall–Kier alpha value is -1.61. The summed E-state index contributed by atoms with van der Waals surface area (Å²) in [6.45, 7) is 5.79. The number of ether oxygens (including phenoxy) is 1. The van der Waals surface area contributed by atoms with E-state index in [0.717, 1.165) is 28.0 Å². The Morgan fingerprint density at radius 2 is 1.81 bits per heavy atom. The van der Waals surface area contributed by atoms with Crippen molar-refractivity contribution in [3.8, 4) is 5.75 Å². The Morgan fingerprint density at radius 1 is 1.14 bits per heavy atom. The number of hydrogen-bond donors (Lipinski definition) is 0. The molecule has 3 heteroatoms. The van der Waals surface area contributed by atoms with Gasteiger partial charge in [0.1, 0.15) is 5.75 Å². The fourth-order valence-corrected chi connectivity index (χ4v) is 2.70. The molecule has 0 aliphatic carbocycles. The number of alkyl halides is 1. The third kappa shape index (κ3) is 3.73. The van der Waals surface area contributed by atoms with Crippen LogP contribution in [-0.4, -0.2) is 5.78 Å². The first-order valence-corrected chi connectivity index (χ1v) is 7.94. The lowest BCUT2D eigenvalue weighted by Crippen LogP contribution is -2.05. The van der Waals surface area contributed by atoms with E-state index in [1.807, 2.05) is 63.2 Å². The molecule has 2 nitrogen and oxygen atoms in total. The van der Waals surface area contributed by atoms with Gasteiger partial charge < -0.3 is 4.74 Å². The van der Waals surface area contributed by atoms with Crippen LogP contribution >= 0.6 is 15.9 Å². The van der Waals surface area contributed by atoms with Gasteiger partial charge in [-0.1, -0.05) is 37.3 Å². The minimum atomic E-state index is -0.204. The number of rotatable bonds is 5. The van der Waals surface area contributed by atoms with Crippen molar-refractivity contribution >= 4 is 21.7 Å². The van der Waals surface area contributed by atoms with Crippen LogP contribution in [0.5, 0.6) is 5.75 Å². The van der Waals surface area contributed by atoms with Gasteiger partial charge in [-0.05, 0) is 53.0 Å². The molecule has 0 saturated carbocycles. The van der Waals surface area contributed by atoms with Gasteiger partial charge in [-0.25, -0.2) is 0 Å². The van der Waals surface area contributed by atoms with Gasteiger partial charge in [0.25, 0.3) is 0 Å². The second-order valence-corrected chi connectivity index (χ2v) is 5.89. The number of carbonyl (C=O) groups excluding carboxylic acids is 1. The molecule has 0 bridgehead atoms. The topological polar surface area (TPSA) is 26.3 Å². The van der Waals surface area contributed by atoms with Gasteiger partial charge in [-0.15, -0.1) is 0 Å². The van der Waals surface area contributed by atoms with Crippen molar-refractivity contribution < 1.29 is 9.53 Å². The Labute approximate surface area is 134 Å². The van der Waals surface area contributed by atoms with Crippen molar-refractivity contribution in [3.63, 3.8) is 0 Å². The highest BCUT2D eigenvalue weighted by molar-refractivity contribution is 9.09. The van der Waals surface area contributed by atoms with Crippen molar-refractivity contribution in [2.75, 3.05) is 0 Å². The standard InChI is InChI=1S/C18H19BrO2/c1-4-16(20)15-10-13(3)17(11-12(15)2)21-18(19)14-8-6-5-7-9-14/h5-11,18H,4H2,1-3H3. The summed E-state index contributed by atoms with van der Waals surface area (Å²) < 4.78 is 5.99. The first-order valence-electron chi connectivity index (χ1n) is 7.03. The number of hydrogen-bond acceptors (Lipinski definition) is 2. The molecule has 0 spiro atoms. The average Bonchev–Trinajstić information content (AvgIpc) is 2.50. The van der Waals surface area contributed by atoms with Crippen LogP contribution in [0.2, 0.25) is 0 Å². The van der Waals surface area contributed by atoms with Crippen LogP contribution in [0.15, 0.2) is 42.5 Å². The summed E-state index contributed by atoms with van der Waals surface area (Å²) in [6.07, 6.45) is 0.519. The van der Waals surface area contributed by atoms with E-state index in [1.54, 1.807) is 0 Å². The molecule has 0 fully saturated rings. The van der Waals surface area contributed by atoms with Crippen molar-refractivity contribution in [1.29, 1.82) is 0 Å². The van der Waals surface area contributed by atoms with E-state index in [-0.39, 0.29) is 10.8 Å². The predicted octanol–water partition coefficient (Wildman–Crippen LogP) is 5.37. The zero-order chi connectivity index (χ0) is 15.4. The van der Waals surface area contributed by atoms with E-state index in [1.165, 1.54) is 0 Å². The van der Waals surface area contributed by atoms with Gasteiger partial charge >= 0.3 is 0 Å². The number of halogens is 1. The normalized spacial score (nSPS) is 12.0. The summed E-state index contributed by atoms with van der Waals surface area (Å²) >= 11 is 3.55. The van der Waals surface area contributed by atoms with E-state index in [2.05, 4.69) is 15.9 Å². The van der Waals surface area contributed by atoms with E-state index in [4.69, 9.17) is 4.74 Å². The van der Waals surface area contributed by atoms with Gasteiger partial charge in [0.05, 0.1) is 0 Å². The van der Waals surface area contributed by atoms with E-state index in [0.29, 0.717) is 6.42 Å². The summed E-state index contributed by atoms with van der Waals surface area (Å²) in [7, 11) is 0. The maximum atomic E-state index is 11.9. The molecule has 2 rings (SSSR count).